The van der Waals surface area contributed by atoms with Crippen LogP contribution in [0.3, 0.4) is 0 Å². The Morgan fingerprint density at radius 1 is 1.17 bits per heavy atom. The Labute approximate surface area is 134 Å². The first-order chi connectivity index (χ1) is 10.8. The number of carbonyl (C=O) groups is 2. The summed E-state index contributed by atoms with van der Waals surface area (Å²) in [4.78, 5) is 23.4. The molecule has 120 valence electrons. The number of aliphatic carboxylic acids is 1. The molecule has 1 aromatic heterocycles. The van der Waals surface area contributed by atoms with Crippen LogP contribution in [0.5, 0.6) is 0 Å². The fraction of sp³-hybridized carbons (Fsp3) is 0.353. The van der Waals surface area contributed by atoms with Crippen LogP contribution < -0.4 is 5.32 Å². The molecule has 0 bridgehead atoms. The van der Waals surface area contributed by atoms with Gasteiger partial charge in [-0.05, 0) is 42.7 Å². The maximum Gasteiger partial charge on any atom is 0.307 e. The van der Waals surface area contributed by atoms with Gasteiger partial charge < -0.3 is 10.4 Å². The Kier molecular flexibility index (Phi) is 3.47. The zero-order chi connectivity index (χ0) is 16.8. The Balaban J connectivity index is 1.69. The van der Waals surface area contributed by atoms with Gasteiger partial charge in [0.05, 0.1) is 23.2 Å². The first-order valence-electron chi connectivity index (χ1n) is 7.47. The van der Waals surface area contributed by atoms with Gasteiger partial charge in [0.25, 0.3) is 0 Å². The second-order valence-corrected chi connectivity index (χ2v) is 6.55. The third-order valence-corrected chi connectivity index (χ3v) is 4.50. The number of nitrogens with zero attached hydrogens (tertiary/aromatic N) is 2. The molecule has 23 heavy (non-hydrogen) atoms. The summed E-state index contributed by atoms with van der Waals surface area (Å²) in [6, 6.07) is 9.20. The van der Waals surface area contributed by atoms with Gasteiger partial charge in [-0.1, -0.05) is 13.8 Å². The van der Waals surface area contributed by atoms with E-state index in [1.165, 1.54) is 0 Å². The van der Waals surface area contributed by atoms with Crippen LogP contribution in [0.4, 0.5) is 5.69 Å². The van der Waals surface area contributed by atoms with Crippen molar-refractivity contribution < 1.29 is 14.7 Å². The van der Waals surface area contributed by atoms with Crippen LogP contribution >= 0.6 is 0 Å². The van der Waals surface area contributed by atoms with Crippen molar-refractivity contribution in [3.05, 3.63) is 42.2 Å². The molecule has 0 spiro atoms. The Bertz CT molecular complexity index is 762. The zero-order valence-corrected chi connectivity index (χ0v) is 13.3. The van der Waals surface area contributed by atoms with Crippen molar-refractivity contribution in [1.29, 1.82) is 0 Å². The highest BCUT2D eigenvalue weighted by molar-refractivity contribution is 5.99. The SMILES string of the molecule is Cc1ccn(-c2ccc(NC(=O)C3C(C(=O)O)C3(C)C)cc2)n1. The van der Waals surface area contributed by atoms with Crippen molar-refractivity contribution in [2.75, 3.05) is 5.32 Å². The van der Waals surface area contributed by atoms with Crippen molar-refractivity contribution in [3.63, 3.8) is 0 Å². The van der Waals surface area contributed by atoms with E-state index >= 15 is 0 Å². The number of aromatic nitrogens is 2. The smallest absolute Gasteiger partial charge is 0.307 e. The molecule has 2 aromatic rings. The van der Waals surface area contributed by atoms with E-state index in [9.17, 15) is 9.59 Å². The number of hydrogen-bond acceptors (Lipinski definition) is 3. The first-order valence-corrected chi connectivity index (χ1v) is 7.47. The van der Waals surface area contributed by atoms with Crippen molar-refractivity contribution in [2.24, 2.45) is 17.3 Å². The van der Waals surface area contributed by atoms with E-state index in [4.69, 9.17) is 5.11 Å². The number of hydrogen-bond donors (Lipinski definition) is 2. The van der Waals surface area contributed by atoms with Crippen molar-refractivity contribution in [2.45, 2.75) is 20.8 Å². The topological polar surface area (TPSA) is 84.2 Å². The summed E-state index contributed by atoms with van der Waals surface area (Å²) in [5.41, 5.74) is 1.97. The zero-order valence-electron chi connectivity index (χ0n) is 13.3. The third kappa shape index (κ3) is 2.72. The number of anilines is 1. The lowest BCUT2D eigenvalue weighted by Crippen LogP contribution is -2.17. The van der Waals surface area contributed by atoms with E-state index in [-0.39, 0.29) is 5.91 Å². The Hall–Kier alpha value is -2.63. The fourth-order valence-corrected chi connectivity index (χ4v) is 3.06. The van der Waals surface area contributed by atoms with Crippen LogP contribution in [0, 0.1) is 24.2 Å². The molecule has 1 amide bonds. The number of rotatable bonds is 4. The Morgan fingerprint density at radius 2 is 1.83 bits per heavy atom. The standard InChI is InChI=1S/C17H19N3O3/c1-10-8-9-20(19-10)12-6-4-11(5-7-12)18-15(21)13-14(16(22)23)17(13,2)3/h4-9,13-14H,1-3H3,(H,18,21)(H,22,23). The van der Waals surface area contributed by atoms with Crippen LogP contribution in [-0.2, 0) is 9.59 Å². The second kappa shape index (κ2) is 5.22. The predicted octanol–water partition coefficient (Wildman–Crippen LogP) is 2.48. The molecule has 3 rings (SSSR count). The minimum atomic E-state index is -0.917. The molecule has 6 nitrogen and oxygen atoms in total. The molecule has 0 saturated heterocycles. The number of benzene rings is 1. The van der Waals surface area contributed by atoms with Crippen molar-refractivity contribution in [1.82, 2.24) is 9.78 Å². The predicted molar refractivity (Wildman–Crippen MR) is 85.3 cm³/mol. The molecule has 1 aromatic carbocycles. The second-order valence-electron chi connectivity index (χ2n) is 6.55. The van der Waals surface area contributed by atoms with Crippen LogP contribution in [0.25, 0.3) is 5.69 Å². The molecule has 1 aliphatic rings. The maximum atomic E-state index is 12.3. The van der Waals surface area contributed by atoms with E-state index in [1.807, 2.05) is 31.3 Å². The van der Waals surface area contributed by atoms with Crippen LogP contribution in [-0.4, -0.2) is 26.8 Å². The number of carboxylic acid groups (broad SMARTS) is 1. The lowest BCUT2D eigenvalue weighted by molar-refractivity contribution is -0.140. The molecule has 2 unspecified atom stereocenters. The number of carboxylic acids is 1. The number of aryl methyl sites for hydroxylation is 1. The number of nitrogens with one attached hydrogen (secondary N) is 1. The molecule has 1 aliphatic carbocycles. The van der Waals surface area contributed by atoms with Gasteiger partial charge >= 0.3 is 5.97 Å². The average molecular weight is 313 g/mol. The van der Waals surface area contributed by atoms with Crippen LogP contribution in [0.15, 0.2) is 36.5 Å². The van der Waals surface area contributed by atoms with Crippen LogP contribution in [0.1, 0.15) is 19.5 Å². The summed E-state index contributed by atoms with van der Waals surface area (Å²) in [5, 5.41) is 16.3. The van der Waals surface area contributed by atoms with Crippen molar-refractivity contribution in [3.8, 4) is 5.69 Å². The fourth-order valence-electron chi connectivity index (χ4n) is 3.06. The third-order valence-electron chi connectivity index (χ3n) is 4.50. The van der Waals surface area contributed by atoms with Gasteiger partial charge in [-0.15, -0.1) is 0 Å². The quantitative estimate of drug-likeness (QED) is 0.908. The van der Waals surface area contributed by atoms with Gasteiger partial charge in [0, 0.05) is 11.9 Å². The lowest BCUT2D eigenvalue weighted by Gasteiger charge is -2.07. The highest BCUT2D eigenvalue weighted by atomic mass is 16.4. The molecule has 1 fully saturated rings. The molecular formula is C17H19N3O3. The van der Waals surface area contributed by atoms with E-state index in [0.717, 1.165) is 11.4 Å². The number of amides is 1. The molecule has 6 heteroatoms. The van der Waals surface area contributed by atoms with E-state index in [2.05, 4.69) is 10.4 Å². The van der Waals surface area contributed by atoms with Gasteiger partial charge in [-0.25, -0.2) is 4.68 Å². The normalized spacial score (nSPS) is 21.7. The van der Waals surface area contributed by atoms with E-state index < -0.39 is 23.2 Å². The highest BCUT2D eigenvalue weighted by Gasteiger charge is 2.65. The summed E-state index contributed by atoms with van der Waals surface area (Å²) in [6.07, 6.45) is 1.87. The van der Waals surface area contributed by atoms with Gasteiger partial charge in [0.15, 0.2) is 0 Å². The molecule has 1 heterocycles. The molecule has 1 saturated carbocycles. The molecule has 0 aliphatic heterocycles. The largest absolute Gasteiger partial charge is 0.481 e. The summed E-state index contributed by atoms with van der Waals surface area (Å²) >= 11 is 0. The van der Waals surface area contributed by atoms with Gasteiger partial charge in [0.2, 0.25) is 5.91 Å². The van der Waals surface area contributed by atoms with E-state index in [1.54, 1.807) is 30.7 Å². The summed E-state index contributed by atoms with van der Waals surface area (Å²) < 4.78 is 1.76. The van der Waals surface area contributed by atoms with Crippen molar-refractivity contribution >= 4 is 17.6 Å². The van der Waals surface area contributed by atoms with Gasteiger partial charge in [0.1, 0.15) is 0 Å². The number of carbonyl (C=O) groups excluding carboxylic acids is 1. The average Bonchev–Trinajstić information content (AvgIpc) is 2.83. The lowest BCUT2D eigenvalue weighted by atomic mass is 10.1. The van der Waals surface area contributed by atoms with Crippen LogP contribution in [0.2, 0.25) is 0 Å². The molecule has 2 atom stereocenters. The molecular weight excluding hydrogens is 294 g/mol. The highest BCUT2D eigenvalue weighted by Crippen LogP contribution is 2.58. The Morgan fingerprint density at radius 3 is 2.30 bits per heavy atom. The summed E-state index contributed by atoms with van der Waals surface area (Å²) in [6.45, 7) is 5.53. The minimum absolute atomic E-state index is 0.245. The summed E-state index contributed by atoms with van der Waals surface area (Å²) in [7, 11) is 0. The monoisotopic (exact) mass is 313 g/mol. The van der Waals surface area contributed by atoms with Gasteiger partial charge in [-0.2, -0.15) is 5.10 Å². The molecule has 2 N–H and O–H groups in total. The summed E-state index contributed by atoms with van der Waals surface area (Å²) in [5.74, 6) is -2.27. The maximum absolute atomic E-state index is 12.3. The first kappa shape index (κ1) is 15.3. The van der Waals surface area contributed by atoms with Gasteiger partial charge in [-0.3, -0.25) is 9.59 Å². The van der Waals surface area contributed by atoms with E-state index in [0.29, 0.717) is 5.69 Å². The molecule has 0 radical (unpaired) electrons. The minimum Gasteiger partial charge on any atom is -0.481 e.